The van der Waals surface area contributed by atoms with E-state index in [-0.39, 0.29) is 0 Å². The molecule has 1 heterocycles. The fraction of sp³-hybridized carbons (Fsp3) is 0.700. The lowest BCUT2D eigenvalue weighted by molar-refractivity contribution is 0.737. The molecule has 3 N–H and O–H groups in total. The highest BCUT2D eigenvalue weighted by atomic mass is 15.2. The number of nitrogens with zero attached hydrogens (tertiary/aromatic N) is 2. The van der Waals surface area contributed by atoms with Crippen molar-refractivity contribution in [1.82, 2.24) is 9.97 Å². The number of aromatic amines is 1. The van der Waals surface area contributed by atoms with Crippen LogP contribution >= 0.6 is 0 Å². The van der Waals surface area contributed by atoms with E-state index in [4.69, 9.17) is 5.73 Å². The predicted molar refractivity (Wildman–Crippen MR) is 60.5 cm³/mol. The van der Waals surface area contributed by atoms with Gasteiger partial charge in [-0.15, -0.1) is 0 Å². The van der Waals surface area contributed by atoms with Gasteiger partial charge >= 0.3 is 0 Å². The zero-order chi connectivity index (χ0) is 10.6. The highest BCUT2D eigenvalue weighted by Gasteiger charge is 2.11. The number of nitrogens with two attached hydrogens (primary N) is 1. The Hall–Kier alpha value is -1.19. The zero-order valence-electron chi connectivity index (χ0n) is 9.30. The molecule has 0 atom stereocenters. The van der Waals surface area contributed by atoms with Gasteiger partial charge in [-0.2, -0.15) is 0 Å². The first-order valence-corrected chi connectivity index (χ1v) is 5.26. The van der Waals surface area contributed by atoms with Gasteiger partial charge in [-0.3, -0.25) is 0 Å². The van der Waals surface area contributed by atoms with E-state index in [0.717, 1.165) is 37.6 Å². The molecule has 1 rings (SSSR count). The van der Waals surface area contributed by atoms with Crippen LogP contribution < -0.4 is 10.6 Å². The molecule has 0 amide bonds. The third-order valence-electron chi connectivity index (χ3n) is 2.12. The summed E-state index contributed by atoms with van der Waals surface area (Å²) in [6.45, 7) is 8.29. The van der Waals surface area contributed by atoms with Crippen molar-refractivity contribution >= 4 is 11.6 Å². The molecule has 14 heavy (non-hydrogen) atoms. The Morgan fingerprint density at radius 3 is 2.21 bits per heavy atom. The molecule has 0 spiro atoms. The van der Waals surface area contributed by atoms with E-state index < -0.39 is 0 Å². The normalized spacial score (nSPS) is 10.5. The summed E-state index contributed by atoms with van der Waals surface area (Å²) in [4.78, 5) is 9.66. The second-order valence-corrected chi connectivity index (χ2v) is 3.55. The van der Waals surface area contributed by atoms with E-state index in [1.807, 2.05) is 6.92 Å². The van der Waals surface area contributed by atoms with Gasteiger partial charge < -0.3 is 15.6 Å². The van der Waals surface area contributed by atoms with Crippen LogP contribution in [0, 0.1) is 6.92 Å². The summed E-state index contributed by atoms with van der Waals surface area (Å²) < 4.78 is 0. The number of imidazole rings is 1. The number of anilines is 2. The molecular weight excluding hydrogens is 176 g/mol. The first kappa shape index (κ1) is 10.9. The quantitative estimate of drug-likeness (QED) is 0.756. The summed E-state index contributed by atoms with van der Waals surface area (Å²) in [5.74, 6) is 2.48. The lowest BCUT2D eigenvalue weighted by Crippen LogP contribution is -2.26. The lowest BCUT2D eigenvalue weighted by Gasteiger charge is -2.21. The SMILES string of the molecule is CCCN(CCC)c1nc(C)[nH]c1N. The van der Waals surface area contributed by atoms with E-state index in [1.54, 1.807) is 0 Å². The van der Waals surface area contributed by atoms with Crippen LogP contribution in [-0.2, 0) is 0 Å². The Labute approximate surface area is 85.5 Å². The molecule has 0 unspecified atom stereocenters. The smallest absolute Gasteiger partial charge is 0.171 e. The van der Waals surface area contributed by atoms with Crippen LogP contribution in [0.2, 0.25) is 0 Å². The number of hydrogen-bond acceptors (Lipinski definition) is 3. The average Bonchev–Trinajstić information content (AvgIpc) is 2.45. The minimum absolute atomic E-state index is 0.685. The molecule has 4 heteroatoms. The second-order valence-electron chi connectivity index (χ2n) is 3.55. The third-order valence-corrected chi connectivity index (χ3v) is 2.12. The fourth-order valence-corrected chi connectivity index (χ4v) is 1.60. The fourth-order valence-electron chi connectivity index (χ4n) is 1.60. The molecule has 0 aliphatic rings. The van der Waals surface area contributed by atoms with Crippen LogP contribution in [0.25, 0.3) is 0 Å². The number of aromatic nitrogens is 2. The van der Waals surface area contributed by atoms with Gasteiger partial charge in [-0.05, 0) is 19.8 Å². The summed E-state index contributed by atoms with van der Waals surface area (Å²) in [6, 6.07) is 0. The summed E-state index contributed by atoms with van der Waals surface area (Å²) >= 11 is 0. The van der Waals surface area contributed by atoms with Crippen LogP contribution in [0.1, 0.15) is 32.5 Å². The van der Waals surface area contributed by atoms with Crippen LogP contribution in [0.15, 0.2) is 0 Å². The van der Waals surface area contributed by atoms with Crippen LogP contribution in [-0.4, -0.2) is 23.1 Å². The Morgan fingerprint density at radius 1 is 1.29 bits per heavy atom. The molecule has 80 valence electrons. The maximum Gasteiger partial charge on any atom is 0.171 e. The number of nitrogens with one attached hydrogen (secondary N) is 1. The highest BCUT2D eigenvalue weighted by molar-refractivity contribution is 5.58. The molecule has 0 aliphatic heterocycles. The molecule has 0 bridgehead atoms. The van der Waals surface area contributed by atoms with Gasteiger partial charge in [0.2, 0.25) is 0 Å². The molecule has 1 aromatic rings. The minimum Gasteiger partial charge on any atom is -0.382 e. The van der Waals surface area contributed by atoms with Crippen molar-refractivity contribution in [3.8, 4) is 0 Å². The highest BCUT2D eigenvalue weighted by Crippen LogP contribution is 2.19. The summed E-state index contributed by atoms with van der Waals surface area (Å²) in [6.07, 6.45) is 2.23. The molecule has 0 fully saturated rings. The van der Waals surface area contributed by atoms with Crippen molar-refractivity contribution < 1.29 is 0 Å². The van der Waals surface area contributed by atoms with E-state index in [9.17, 15) is 0 Å². The molecule has 0 saturated carbocycles. The van der Waals surface area contributed by atoms with E-state index in [1.165, 1.54) is 0 Å². The standard InChI is InChI=1S/C10H20N4/c1-4-6-14(7-5-2)10-9(11)12-8(3)13-10/h4-7,11H2,1-3H3,(H,12,13). The first-order valence-electron chi connectivity index (χ1n) is 5.26. The van der Waals surface area contributed by atoms with E-state index in [2.05, 4.69) is 28.7 Å². The summed E-state index contributed by atoms with van der Waals surface area (Å²) in [5.41, 5.74) is 5.84. The maximum atomic E-state index is 5.84. The Morgan fingerprint density at radius 2 is 1.86 bits per heavy atom. The first-order chi connectivity index (χ1) is 6.69. The molecule has 0 saturated heterocycles. The van der Waals surface area contributed by atoms with Gasteiger partial charge in [0.25, 0.3) is 0 Å². The van der Waals surface area contributed by atoms with Crippen molar-refractivity contribution in [1.29, 1.82) is 0 Å². The van der Waals surface area contributed by atoms with Gasteiger partial charge in [-0.25, -0.2) is 4.98 Å². The molecule has 0 radical (unpaired) electrons. The number of H-pyrrole nitrogens is 1. The lowest BCUT2D eigenvalue weighted by atomic mass is 10.3. The molecule has 0 aromatic carbocycles. The van der Waals surface area contributed by atoms with Crippen molar-refractivity contribution in [3.63, 3.8) is 0 Å². The molecule has 4 nitrogen and oxygen atoms in total. The number of nitrogen functional groups attached to an aromatic ring is 1. The van der Waals surface area contributed by atoms with Crippen molar-refractivity contribution in [2.45, 2.75) is 33.6 Å². The Bertz CT molecular complexity index is 274. The zero-order valence-corrected chi connectivity index (χ0v) is 9.30. The van der Waals surface area contributed by atoms with Crippen LogP contribution in [0.4, 0.5) is 11.6 Å². The van der Waals surface area contributed by atoms with Gasteiger partial charge in [0.15, 0.2) is 5.82 Å². The van der Waals surface area contributed by atoms with Gasteiger partial charge in [0.1, 0.15) is 11.6 Å². The topological polar surface area (TPSA) is 57.9 Å². The Balaban J connectivity index is 2.80. The monoisotopic (exact) mass is 196 g/mol. The van der Waals surface area contributed by atoms with Gasteiger partial charge in [0.05, 0.1) is 0 Å². The minimum atomic E-state index is 0.685. The second kappa shape index (κ2) is 4.88. The number of hydrogen-bond donors (Lipinski definition) is 2. The molecule has 1 aromatic heterocycles. The average molecular weight is 196 g/mol. The van der Waals surface area contributed by atoms with Crippen molar-refractivity contribution in [3.05, 3.63) is 5.82 Å². The maximum absolute atomic E-state index is 5.84. The van der Waals surface area contributed by atoms with Crippen LogP contribution in [0.3, 0.4) is 0 Å². The molecule has 0 aliphatic carbocycles. The van der Waals surface area contributed by atoms with Gasteiger partial charge in [-0.1, -0.05) is 13.8 Å². The number of rotatable bonds is 5. The van der Waals surface area contributed by atoms with Crippen LogP contribution in [0.5, 0.6) is 0 Å². The third kappa shape index (κ3) is 2.40. The predicted octanol–water partition coefficient (Wildman–Crippen LogP) is 1.93. The van der Waals surface area contributed by atoms with E-state index >= 15 is 0 Å². The van der Waals surface area contributed by atoms with Crippen molar-refractivity contribution in [2.24, 2.45) is 0 Å². The summed E-state index contributed by atoms with van der Waals surface area (Å²) in [5, 5.41) is 0. The Kier molecular flexibility index (Phi) is 3.80. The summed E-state index contributed by atoms with van der Waals surface area (Å²) in [7, 11) is 0. The van der Waals surface area contributed by atoms with Gasteiger partial charge in [0, 0.05) is 13.1 Å². The molecular formula is C10H20N4. The largest absolute Gasteiger partial charge is 0.382 e. The number of aryl methyl sites for hydroxylation is 1. The van der Waals surface area contributed by atoms with Crippen molar-refractivity contribution in [2.75, 3.05) is 23.7 Å². The van der Waals surface area contributed by atoms with E-state index in [0.29, 0.717) is 5.82 Å².